The molecule has 0 unspecified atom stereocenters. The second kappa shape index (κ2) is 9.41. The van der Waals surface area contributed by atoms with Gasteiger partial charge in [0.15, 0.2) is 11.6 Å². The van der Waals surface area contributed by atoms with Crippen LogP contribution in [0, 0.1) is 11.6 Å². The number of rotatable bonds is 7. The number of halogens is 2. The molecule has 7 nitrogen and oxygen atoms in total. The van der Waals surface area contributed by atoms with Crippen LogP contribution in [0.1, 0.15) is 46.1 Å². The minimum atomic E-state index is -4.16. The third-order valence-electron chi connectivity index (χ3n) is 4.93. The Kier molecular flexibility index (Phi) is 7.07. The number of hydrogen-bond donors (Lipinski definition) is 1. The van der Waals surface area contributed by atoms with Crippen molar-refractivity contribution < 1.29 is 31.5 Å². The highest BCUT2D eigenvalue weighted by molar-refractivity contribution is 7.91. The fourth-order valence-electron chi connectivity index (χ4n) is 3.35. The van der Waals surface area contributed by atoms with Crippen LogP contribution in [0.2, 0.25) is 0 Å². The number of thiophene rings is 1. The van der Waals surface area contributed by atoms with Gasteiger partial charge in [-0.25, -0.2) is 26.7 Å². The second-order valence-corrected chi connectivity index (χ2v) is 10.1. The molecule has 11 heteroatoms. The average molecular weight is 473 g/mol. The Morgan fingerprint density at radius 3 is 2.65 bits per heavy atom. The summed E-state index contributed by atoms with van der Waals surface area (Å²) in [5.74, 6) is -2.93. The molecule has 31 heavy (non-hydrogen) atoms. The Hall–Kier alpha value is -2.37. The molecule has 2 heterocycles. The summed E-state index contributed by atoms with van der Waals surface area (Å²) in [4.78, 5) is 26.9. The number of sulfonamides is 1. The first-order chi connectivity index (χ1) is 14.7. The summed E-state index contributed by atoms with van der Waals surface area (Å²) in [5, 5.41) is 0. The minimum absolute atomic E-state index is 0.0259. The largest absolute Gasteiger partial charge is 0.465 e. The summed E-state index contributed by atoms with van der Waals surface area (Å²) in [7, 11) is -3.00. The minimum Gasteiger partial charge on any atom is -0.465 e. The number of nitrogens with zero attached hydrogens (tertiary/aromatic N) is 1. The van der Waals surface area contributed by atoms with Crippen LogP contribution in [0.5, 0.6) is 0 Å². The van der Waals surface area contributed by atoms with E-state index in [1.807, 2.05) is 6.92 Å². The monoisotopic (exact) mass is 472 g/mol. The molecule has 0 fully saturated rings. The summed E-state index contributed by atoms with van der Waals surface area (Å²) in [6.45, 7) is 2.22. The molecule has 3 rings (SSSR count). The average Bonchev–Trinajstić information content (AvgIpc) is 3.14. The molecule has 0 radical (unpaired) electrons. The smallest absolute Gasteiger partial charge is 0.340 e. The predicted molar refractivity (Wildman–Crippen MR) is 110 cm³/mol. The molecule has 0 bridgehead atoms. The highest BCUT2D eigenvalue weighted by Crippen LogP contribution is 2.37. The van der Waals surface area contributed by atoms with E-state index in [0.717, 1.165) is 30.6 Å². The Morgan fingerprint density at radius 2 is 2.00 bits per heavy atom. The fraction of sp³-hybridized carbons (Fsp3) is 0.400. The van der Waals surface area contributed by atoms with Gasteiger partial charge in [-0.05, 0) is 36.1 Å². The molecule has 1 aromatic carbocycles. The molecule has 168 valence electrons. The SMILES string of the molecule is CCCC(=O)N1CCc2c(sc(S(=O)(=O)NCc3ccc(F)c(F)c3)c2C(=O)OC)C1. The van der Waals surface area contributed by atoms with Gasteiger partial charge in [-0.1, -0.05) is 13.0 Å². The summed E-state index contributed by atoms with van der Waals surface area (Å²) in [5.41, 5.74) is 0.744. The molecule has 0 spiro atoms. The van der Waals surface area contributed by atoms with Crippen molar-refractivity contribution in [1.29, 1.82) is 0 Å². The number of benzene rings is 1. The normalized spacial score (nSPS) is 13.7. The molecule has 0 saturated heterocycles. The van der Waals surface area contributed by atoms with E-state index in [1.165, 1.54) is 6.07 Å². The Balaban J connectivity index is 1.91. The van der Waals surface area contributed by atoms with Crippen LogP contribution < -0.4 is 4.72 Å². The third-order valence-corrected chi connectivity index (χ3v) is 8.06. The predicted octanol–water partition coefficient (Wildman–Crippen LogP) is 2.98. The molecule has 1 aliphatic heterocycles. The van der Waals surface area contributed by atoms with Crippen LogP contribution >= 0.6 is 11.3 Å². The molecule has 1 N–H and O–H groups in total. The third kappa shape index (κ3) is 4.94. The number of ether oxygens (including phenoxy) is 1. The summed E-state index contributed by atoms with van der Waals surface area (Å²) in [6, 6.07) is 3.07. The van der Waals surface area contributed by atoms with Crippen molar-refractivity contribution >= 4 is 33.2 Å². The number of methoxy groups -OCH3 is 1. The number of fused-ring (bicyclic) bond motifs is 1. The van der Waals surface area contributed by atoms with Gasteiger partial charge in [0.2, 0.25) is 5.91 Å². The quantitative estimate of drug-likeness (QED) is 0.626. The Bertz CT molecular complexity index is 1120. The van der Waals surface area contributed by atoms with Crippen molar-refractivity contribution in [2.75, 3.05) is 13.7 Å². The lowest BCUT2D eigenvalue weighted by molar-refractivity contribution is -0.132. The van der Waals surface area contributed by atoms with Gasteiger partial charge in [0.25, 0.3) is 10.0 Å². The number of carbonyl (C=O) groups is 2. The lowest BCUT2D eigenvalue weighted by Gasteiger charge is -2.27. The van der Waals surface area contributed by atoms with Crippen molar-refractivity contribution in [1.82, 2.24) is 9.62 Å². The van der Waals surface area contributed by atoms with Crippen LogP contribution in [0.4, 0.5) is 8.78 Å². The van der Waals surface area contributed by atoms with Crippen molar-refractivity contribution in [2.24, 2.45) is 0 Å². The van der Waals surface area contributed by atoms with Gasteiger partial charge in [0.1, 0.15) is 4.21 Å². The van der Waals surface area contributed by atoms with Gasteiger partial charge in [0.05, 0.1) is 19.2 Å². The van der Waals surface area contributed by atoms with Crippen molar-refractivity contribution in [3.63, 3.8) is 0 Å². The molecular formula is C20H22F2N2O5S2. The molecule has 1 aliphatic rings. The summed E-state index contributed by atoms with van der Waals surface area (Å²) < 4.78 is 59.4. The number of nitrogens with one attached hydrogen (secondary N) is 1. The van der Waals surface area contributed by atoms with Crippen LogP contribution in [0.3, 0.4) is 0 Å². The van der Waals surface area contributed by atoms with Crippen molar-refractivity contribution in [3.8, 4) is 0 Å². The molecule has 2 aromatic rings. The number of esters is 1. The van der Waals surface area contributed by atoms with Gasteiger partial charge in [0, 0.05) is 24.4 Å². The Labute approximate surface area is 183 Å². The summed E-state index contributed by atoms with van der Waals surface area (Å²) in [6.07, 6.45) is 1.43. The van der Waals surface area contributed by atoms with E-state index in [9.17, 15) is 26.8 Å². The molecule has 0 saturated carbocycles. The van der Waals surface area contributed by atoms with Gasteiger partial charge < -0.3 is 9.64 Å². The maximum Gasteiger partial charge on any atom is 0.340 e. The lowest BCUT2D eigenvalue weighted by atomic mass is 10.0. The van der Waals surface area contributed by atoms with Crippen LogP contribution in [0.25, 0.3) is 0 Å². The lowest BCUT2D eigenvalue weighted by Crippen LogP contribution is -2.35. The highest BCUT2D eigenvalue weighted by atomic mass is 32.2. The van der Waals surface area contributed by atoms with E-state index >= 15 is 0 Å². The van der Waals surface area contributed by atoms with E-state index in [2.05, 4.69) is 4.72 Å². The number of hydrogen-bond acceptors (Lipinski definition) is 6. The second-order valence-electron chi connectivity index (χ2n) is 7.05. The van der Waals surface area contributed by atoms with Gasteiger partial charge >= 0.3 is 5.97 Å². The summed E-state index contributed by atoms with van der Waals surface area (Å²) >= 11 is 0.913. The first-order valence-electron chi connectivity index (χ1n) is 9.62. The zero-order chi connectivity index (χ0) is 22.8. The van der Waals surface area contributed by atoms with Crippen molar-refractivity contribution in [2.45, 2.75) is 43.5 Å². The van der Waals surface area contributed by atoms with E-state index in [1.54, 1.807) is 4.90 Å². The Morgan fingerprint density at radius 1 is 1.26 bits per heavy atom. The van der Waals surface area contributed by atoms with Crippen LogP contribution in [0.15, 0.2) is 22.4 Å². The van der Waals surface area contributed by atoms with Crippen molar-refractivity contribution in [3.05, 3.63) is 51.4 Å². The topological polar surface area (TPSA) is 92.8 Å². The zero-order valence-electron chi connectivity index (χ0n) is 17.0. The van der Waals surface area contributed by atoms with Gasteiger partial charge in [-0.15, -0.1) is 11.3 Å². The molecule has 0 aliphatic carbocycles. The fourth-order valence-corrected chi connectivity index (χ4v) is 6.32. The molecule has 0 atom stereocenters. The van der Waals surface area contributed by atoms with E-state index < -0.39 is 27.6 Å². The molecular weight excluding hydrogens is 450 g/mol. The van der Waals surface area contributed by atoms with E-state index in [-0.39, 0.29) is 34.3 Å². The first-order valence-corrected chi connectivity index (χ1v) is 11.9. The zero-order valence-corrected chi connectivity index (χ0v) is 18.7. The maximum atomic E-state index is 13.4. The van der Waals surface area contributed by atoms with Crippen LogP contribution in [-0.2, 0) is 39.1 Å². The highest BCUT2D eigenvalue weighted by Gasteiger charge is 2.34. The van der Waals surface area contributed by atoms with Crippen LogP contribution in [-0.4, -0.2) is 38.8 Å². The molecule has 1 aromatic heterocycles. The maximum absolute atomic E-state index is 13.4. The molecule has 1 amide bonds. The number of carbonyl (C=O) groups excluding carboxylic acids is 2. The number of amides is 1. The standard InChI is InChI=1S/C20H22F2N2O5S2/c1-3-4-17(25)24-8-7-13-16(11-24)30-20(18(13)19(26)29-2)31(27,28)23-10-12-5-6-14(21)15(22)9-12/h5-6,9,23H,3-4,7-8,10-11H2,1-2H3. The van der Waals surface area contributed by atoms with Gasteiger partial charge in [-0.2, -0.15) is 0 Å². The van der Waals surface area contributed by atoms with Gasteiger partial charge in [-0.3, -0.25) is 4.79 Å². The van der Waals surface area contributed by atoms with E-state index in [0.29, 0.717) is 36.2 Å². The van der Waals surface area contributed by atoms with E-state index in [4.69, 9.17) is 4.74 Å². The first kappa shape index (κ1) is 23.3.